The van der Waals surface area contributed by atoms with E-state index in [1.807, 2.05) is 13.0 Å². The third-order valence-corrected chi connectivity index (χ3v) is 5.80. The molecule has 1 atom stereocenters. The average Bonchev–Trinajstić information content (AvgIpc) is 2.87. The Morgan fingerprint density at radius 2 is 2.26 bits per heavy atom. The van der Waals surface area contributed by atoms with E-state index in [1.54, 1.807) is 25.2 Å². The van der Waals surface area contributed by atoms with Gasteiger partial charge in [0.25, 0.3) is 0 Å². The van der Waals surface area contributed by atoms with Crippen molar-refractivity contribution in [1.29, 1.82) is 5.26 Å². The first-order chi connectivity index (χ1) is 10.9. The van der Waals surface area contributed by atoms with Crippen LogP contribution >= 0.6 is 27.3 Å². The highest BCUT2D eigenvalue weighted by atomic mass is 79.9. The van der Waals surface area contributed by atoms with Crippen molar-refractivity contribution in [3.05, 3.63) is 43.1 Å². The molecule has 2 heterocycles. The molecule has 1 aromatic rings. The van der Waals surface area contributed by atoms with Crippen molar-refractivity contribution in [1.82, 2.24) is 0 Å². The number of allylic oxidation sites excluding steroid dienone is 2. The van der Waals surface area contributed by atoms with E-state index in [0.717, 1.165) is 20.6 Å². The molecule has 0 radical (unpaired) electrons. The van der Waals surface area contributed by atoms with Crippen molar-refractivity contribution >= 4 is 33.2 Å². The van der Waals surface area contributed by atoms with E-state index in [1.165, 1.54) is 0 Å². The van der Waals surface area contributed by atoms with Crippen molar-refractivity contribution in [3.8, 4) is 6.07 Å². The Morgan fingerprint density at radius 1 is 1.57 bits per heavy atom. The van der Waals surface area contributed by atoms with E-state index < -0.39 is 11.9 Å². The maximum Gasteiger partial charge on any atom is 0.338 e. The summed E-state index contributed by atoms with van der Waals surface area (Å²) in [5.74, 6) is -0.648. The zero-order valence-electron chi connectivity index (χ0n) is 13.1. The molecule has 7 heteroatoms. The summed E-state index contributed by atoms with van der Waals surface area (Å²) in [5.41, 5.74) is 6.42. The van der Waals surface area contributed by atoms with Gasteiger partial charge < -0.3 is 15.2 Å². The molecule has 0 amide bonds. The van der Waals surface area contributed by atoms with Gasteiger partial charge in [-0.3, -0.25) is 0 Å². The van der Waals surface area contributed by atoms with Gasteiger partial charge in [-0.2, -0.15) is 5.26 Å². The quantitative estimate of drug-likeness (QED) is 0.783. The highest BCUT2D eigenvalue weighted by molar-refractivity contribution is 9.10. The standard InChI is InChI=1S/C16H17BrN2O3S/c1-4-11-10(17)6-12(23-11)14-9(7-18)15(19)22-8(3)13(14)16(20)21-5-2/h6,14H,4-5,19H2,1-3H3/t14-/m0/s1. The third kappa shape index (κ3) is 3.28. The summed E-state index contributed by atoms with van der Waals surface area (Å²) in [6.45, 7) is 5.69. The predicted octanol–water partition coefficient (Wildman–Crippen LogP) is 3.72. The van der Waals surface area contributed by atoms with Crippen molar-refractivity contribution in [2.75, 3.05) is 6.61 Å². The molecule has 5 nitrogen and oxygen atoms in total. The Labute approximate surface area is 147 Å². The second-order valence-electron chi connectivity index (χ2n) is 4.89. The van der Waals surface area contributed by atoms with E-state index >= 15 is 0 Å². The van der Waals surface area contributed by atoms with Crippen molar-refractivity contribution in [2.24, 2.45) is 5.73 Å². The molecule has 0 unspecified atom stereocenters. The first-order valence-electron chi connectivity index (χ1n) is 7.18. The number of carbonyl (C=O) groups is 1. The van der Waals surface area contributed by atoms with Crippen LogP contribution in [0, 0.1) is 11.3 Å². The van der Waals surface area contributed by atoms with Gasteiger partial charge >= 0.3 is 5.97 Å². The van der Waals surface area contributed by atoms with Crippen LogP contribution in [0.15, 0.2) is 33.3 Å². The molecule has 2 N–H and O–H groups in total. The fourth-order valence-corrected chi connectivity index (χ4v) is 4.49. The normalized spacial score (nSPS) is 17.8. The van der Waals surface area contributed by atoms with Crippen LogP contribution in [-0.4, -0.2) is 12.6 Å². The van der Waals surface area contributed by atoms with Crippen LogP contribution in [0.3, 0.4) is 0 Å². The van der Waals surface area contributed by atoms with Crippen molar-refractivity contribution in [2.45, 2.75) is 33.1 Å². The van der Waals surface area contributed by atoms with Gasteiger partial charge in [-0.15, -0.1) is 11.3 Å². The van der Waals surface area contributed by atoms with Crippen LogP contribution in [0.1, 0.15) is 36.4 Å². The van der Waals surface area contributed by atoms with Gasteiger partial charge in [0.2, 0.25) is 5.88 Å². The summed E-state index contributed by atoms with van der Waals surface area (Å²) in [7, 11) is 0. The Bertz CT molecular complexity index is 743. The third-order valence-electron chi connectivity index (χ3n) is 3.48. The molecule has 122 valence electrons. The molecule has 0 fully saturated rings. The number of nitrogens with zero attached hydrogens (tertiary/aromatic N) is 1. The van der Waals surface area contributed by atoms with Crippen LogP contribution in [-0.2, 0) is 20.7 Å². The number of hydrogen-bond acceptors (Lipinski definition) is 6. The Morgan fingerprint density at radius 3 is 2.78 bits per heavy atom. The minimum absolute atomic E-state index is 0.0330. The Kier molecular flexibility index (Phi) is 5.50. The van der Waals surface area contributed by atoms with Crippen LogP contribution in [0.25, 0.3) is 0 Å². The Balaban J connectivity index is 2.61. The highest BCUT2D eigenvalue weighted by Gasteiger charge is 2.37. The first-order valence-corrected chi connectivity index (χ1v) is 8.79. The minimum Gasteiger partial charge on any atom is -0.463 e. The van der Waals surface area contributed by atoms with Gasteiger partial charge in [-0.05, 0) is 42.3 Å². The fourth-order valence-electron chi connectivity index (χ4n) is 2.45. The highest BCUT2D eigenvalue weighted by Crippen LogP contribution is 2.44. The zero-order valence-corrected chi connectivity index (χ0v) is 15.5. The summed E-state index contributed by atoms with van der Waals surface area (Å²) in [6, 6.07) is 4.00. The minimum atomic E-state index is -0.561. The molecule has 0 aliphatic carbocycles. The molecule has 0 bridgehead atoms. The van der Waals surface area contributed by atoms with Gasteiger partial charge in [-0.25, -0.2) is 4.79 Å². The largest absolute Gasteiger partial charge is 0.463 e. The first kappa shape index (κ1) is 17.6. The number of rotatable bonds is 4. The number of nitrogens with two attached hydrogens (primary N) is 1. The van der Waals surface area contributed by atoms with Crippen LogP contribution in [0.2, 0.25) is 0 Å². The molecule has 0 aromatic carbocycles. The fraction of sp³-hybridized carbons (Fsp3) is 0.375. The second-order valence-corrected chi connectivity index (χ2v) is 6.91. The van der Waals surface area contributed by atoms with Gasteiger partial charge in [-0.1, -0.05) is 6.92 Å². The number of ether oxygens (including phenoxy) is 2. The maximum atomic E-state index is 12.4. The smallest absolute Gasteiger partial charge is 0.338 e. The van der Waals surface area contributed by atoms with Crippen LogP contribution < -0.4 is 5.73 Å². The predicted molar refractivity (Wildman–Crippen MR) is 91.4 cm³/mol. The summed E-state index contributed by atoms with van der Waals surface area (Å²) >= 11 is 5.06. The molecule has 0 saturated carbocycles. The number of thiophene rings is 1. The van der Waals surface area contributed by atoms with Gasteiger partial charge in [0.15, 0.2) is 0 Å². The number of carbonyl (C=O) groups excluding carboxylic acids is 1. The topological polar surface area (TPSA) is 85.3 Å². The van der Waals surface area contributed by atoms with Crippen LogP contribution in [0.5, 0.6) is 0 Å². The second kappa shape index (κ2) is 7.20. The van der Waals surface area contributed by atoms with E-state index in [0.29, 0.717) is 11.3 Å². The molecular weight excluding hydrogens is 380 g/mol. The molecule has 2 rings (SSSR count). The number of aryl methyl sites for hydroxylation is 1. The van der Waals surface area contributed by atoms with Crippen LogP contribution in [0.4, 0.5) is 0 Å². The summed E-state index contributed by atoms with van der Waals surface area (Å²) in [5, 5.41) is 9.49. The molecule has 23 heavy (non-hydrogen) atoms. The van der Waals surface area contributed by atoms with Gasteiger partial charge in [0.05, 0.1) is 18.1 Å². The number of hydrogen-bond donors (Lipinski definition) is 1. The zero-order chi connectivity index (χ0) is 17.1. The summed E-state index contributed by atoms with van der Waals surface area (Å²) in [6.07, 6.45) is 0.854. The van der Waals surface area contributed by atoms with Gasteiger partial charge in [0.1, 0.15) is 17.4 Å². The lowest BCUT2D eigenvalue weighted by atomic mass is 9.87. The number of halogens is 1. The van der Waals surface area contributed by atoms with Crippen molar-refractivity contribution in [3.63, 3.8) is 0 Å². The van der Waals surface area contributed by atoms with E-state index in [2.05, 4.69) is 22.0 Å². The lowest BCUT2D eigenvalue weighted by Crippen LogP contribution is -2.25. The summed E-state index contributed by atoms with van der Waals surface area (Å²) in [4.78, 5) is 14.4. The molecule has 1 aliphatic heterocycles. The molecule has 1 aromatic heterocycles. The lowest BCUT2D eigenvalue weighted by molar-refractivity contribution is -0.139. The van der Waals surface area contributed by atoms with Crippen molar-refractivity contribution < 1.29 is 14.3 Å². The van der Waals surface area contributed by atoms with E-state index in [4.69, 9.17) is 15.2 Å². The number of esters is 1. The lowest BCUT2D eigenvalue weighted by Gasteiger charge is -2.25. The van der Waals surface area contributed by atoms with Gasteiger partial charge in [0, 0.05) is 14.2 Å². The Hall–Kier alpha value is -1.78. The van der Waals surface area contributed by atoms with E-state index in [-0.39, 0.29) is 18.1 Å². The molecule has 0 saturated heterocycles. The molecule has 0 spiro atoms. The van der Waals surface area contributed by atoms with E-state index in [9.17, 15) is 10.1 Å². The molecular formula is C16H17BrN2O3S. The molecule has 1 aliphatic rings. The SMILES string of the molecule is CCOC(=O)C1=C(C)OC(N)=C(C#N)[C@H]1c1cc(Br)c(CC)s1. The summed E-state index contributed by atoms with van der Waals surface area (Å²) < 4.78 is 11.5. The maximum absolute atomic E-state index is 12.4. The number of nitriles is 1. The average molecular weight is 397 g/mol. The monoisotopic (exact) mass is 396 g/mol.